The molecule has 0 aromatic heterocycles. The molecule has 0 radical (unpaired) electrons. The minimum atomic E-state index is -4.27. The quantitative estimate of drug-likeness (QED) is 0.326. The first-order chi connectivity index (χ1) is 19.4. The molecule has 3 rings (SSSR count). The van der Waals surface area contributed by atoms with E-state index in [1.165, 1.54) is 37.2 Å². The maximum atomic E-state index is 14.9. The first-order valence-electron chi connectivity index (χ1n) is 13.6. The fraction of sp³-hybridized carbons (Fsp3) is 0.355. The number of nitrogens with one attached hydrogen (secondary N) is 1. The number of nitrogens with zero attached hydrogens (tertiary/aromatic N) is 3. The molecule has 2 atom stereocenters. The van der Waals surface area contributed by atoms with Crippen LogP contribution >= 0.6 is 0 Å². The van der Waals surface area contributed by atoms with Crippen LogP contribution in [0.5, 0.6) is 0 Å². The summed E-state index contributed by atoms with van der Waals surface area (Å²) in [7, 11) is -1.64. The molecule has 41 heavy (non-hydrogen) atoms. The molecular formula is C31H39FN4O4S. The Balaban J connectivity index is 2.10. The average molecular weight is 583 g/mol. The zero-order valence-corrected chi connectivity index (χ0v) is 25.1. The van der Waals surface area contributed by atoms with Gasteiger partial charge in [0.15, 0.2) is 0 Å². The largest absolute Gasteiger partial charge is 0.352 e. The van der Waals surface area contributed by atoms with Gasteiger partial charge in [-0.2, -0.15) is 12.7 Å². The molecule has 0 aliphatic carbocycles. The lowest BCUT2D eigenvalue weighted by atomic mass is 10.0. The second kappa shape index (κ2) is 14.2. The maximum Gasteiger partial charge on any atom is 0.304 e. The zero-order chi connectivity index (χ0) is 30.2. The van der Waals surface area contributed by atoms with Gasteiger partial charge in [0.05, 0.1) is 5.69 Å². The predicted octanol–water partition coefficient (Wildman–Crippen LogP) is 4.30. The lowest BCUT2D eigenvalue weighted by molar-refractivity contribution is -0.140. The number of halogens is 1. The number of hydrogen-bond acceptors (Lipinski definition) is 4. The third-order valence-electron chi connectivity index (χ3n) is 6.89. The Kier molecular flexibility index (Phi) is 11.0. The lowest BCUT2D eigenvalue weighted by Gasteiger charge is -2.35. The first kappa shape index (κ1) is 31.8. The number of rotatable bonds is 13. The maximum absolute atomic E-state index is 14.9. The van der Waals surface area contributed by atoms with Gasteiger partial charge in [0.1, 0.15) is 18.4 Å². The smallest absolute Gasteiger partial charge is 0.304 e. The van der Waals surface area contributed by atoms with E-state index >= 15 is 0 Å². The molecular weight excluding hydrogens is 543 g/mol. The van der Waals surface area contributed by atoms with Gasteiger partial charge in [-0.3, -0.25) is 9.59 Å². The zero-order valence-electron chi connectivity index (χ0n) is 24.2. The third-order valence-corrected chi connectivity index (χ3v) is 8.69. The highest BCUT2D eigenvalue weighted by molar-refractivity contribution is 7.90. The monoisotopic (exact) mass is 582 g/mol. The van der Waals surface area contributed by atoms with Crippen LogP contribution in [0, 0.1) is 12.7 Å². The van der Waals surface area contributed by atoms with E-state index in [0.29, 0.717) is 6.42 Å². The van der Waals surface area contributed by atoms with Crippen molar-refractivity contribution in [1.82, 2.24) is 14.5 Å². The molecule has 0 spiro atoms. The van der Waals surface area contributed by atoms with Crippen molar-refractivity contribution in [3.8, 4) is 0 Å². The summed E-state index contributed by atoms with van der Waals surface area (Å²) in [6.07, 6.45) is 0.901. The third kappa shape index (κ3) is 8.37. The second-order valence-electron chi connectivity index (χ2n) is 10.3. The summed E-state index contributed by atoms with van der Waals surface area (Å²) < 4.78 is 43.3. The van der Waals surface area contributed by atoms with E-state index in [4.69, 9.17) is 0 Å². The van der Waals surface area contributed by atoms with Crippen molar-refractivity contribution in [2.75, 3.05) is 24.9 Å². The van der Waals surface area contributed by atoms with Crippen LogP contribution in [0.1, 0.15) is 37.0 Å². The van der Waals surface area contributed by atoms with Gasteiger partial charge in [0.2, 0.25) is 11.8 Å². The molecule has 8 nitrogen and oxygen atoms in total. The van der Waals surface area contributed by atoms with Gasteiger partial charge in [0.25, 0.3) is 0 Å². The molecule has 0 heterocycles. The van der Waals surface area contributed by atoms with Crippen LogP contribution in [0.3, 0.4) is 0 Å². The van der Waals surface area contributed by atoms with Crippen molar-refractivity contribution in [1.29, 1.82) is 0 Å². The van der Waals surface area contributed by atoms with E-state index < -0.39 is 34.5 Å². The van der Waals surface area contributed by atoms with E-state index in [-0.39, 0.29) is 30.6 Å². The summed E-state index contributed by atoms with van der Waals surface area (Å²) >= 11 is 0. The Hall–Kier alpha value is -3.76. The molecule has 0 fully saturated rings. The van der Waals surface area contributed by atoms with E-state index in [1.54, 1.807) is 0 Å². The minimum absolute atomic E-state index is 0.0532. The van der Waals surface area contributed by atoms with Gasteiger partial charge in [-0.25, -0.2) is 8.70 Å². The Labute approximate surface area is 243 Å². The van der Waals surface area contributed by atoms with Crippen LogP contribution in [0.4, 0.5) is 10.1 Å². The standard InChI is InChI=1S/C31H39FN4O4S/c1-6-24(3)33-31(38)29(20-25-12-8-7-9-13-25)35(21-26-18-16-23(2)17-19-26)30(37)22-36(41(39,40)34(4)5)28-15-11-10-14-27(28)32/h7-19,24,29H,6,20-22H2,1-5H3,(H,33,38)/t24-,29+/m0/s1. The summed E-state index contributed by atoms with van der Waals surface area (Å²) in [5.41, 5.74) is 2.38. The normalized spacial score (nSPS) is 13.0. The molecule has 220 valence electrons. The SMILES string of the molecule is CC[C@H](C)NC(=O)[C@@H](Cc1ccccc1)N(Cc1ccc(C)cc1)C(=O)CN(c1ccccc1F)S(=O)(=O)N(C)C. The molecule has 3 aromatic carbocycles. The van der Waals surface area contributed by atoms with Crippen molar-refractivity contribution in [2.24, 2.45) is 0 Å². The number of para-hydroxylation sites is 1. The first-order valence-corrected chi connectivity index (χ1v) is 15.0. The van der Waals surface area contributed by atoms with Crippen molar-refractivity contribution < 1.29 is 22.4 Å². The highest BCUT2D eigenvalue weighted by atomic mass is 32.2. The molecule has 3 aromatic rings. The van der Waals surface area contributed by atoms with Crippen molar-refractivity contribution in [2.45, 2.75) is 52.2 Å². The summed E-state index contributed by atoms with van der Waals surface area (Å²) in [5, 5.41) is 2.99. The number of benzene rings is 3. The van der Waals surface area contributed by atoms with E-state index in [0.717, 1.165) is 31.4 Å². The van der Waals surface area contributed by atoms with Gasteiger partial charge in [-0.1, -0.05) is 79.2 Å². The number of aryl methyl sites for hydroxylation is 1. The Morgan fingerprint density at radius 3 is 2.10 bits per heavy atom. The highest BCUT2D eigenvalue weighted by Crippen LogP contribution is 2.24. The summed E-state index contributed by atoms with van der Waals surface area (Å²) in [6.45, 7) is 5.13. The van der Waals surface area contributed by atoms with Gasteiger partial charge < -0.3 is 10.2 Å². The molecule has 0 aliphatic rings. The topological polar surface area (TPSA) is 90.0 Å². The van der Waals surface area contributed by atoms with Crippen molar-refractivity contribution in [3.63, 3.8) is 0 Å². The van der Waals surface area contributed by atoms with E-state index in [1.807, 2.05) is 75.4 Å². The van der Waals surface area contributed by atoms with Crippen LogP contribution in [-0.2, 0) is 32.8 Å². The molecule has 0 saturated heterocycles. The molecule has 1 N–H and O–H groups in total. The predicted molar refractivity (Wildman–Crippen MR) is 160 cm³/mol. The summed E-state index contributed by atoms with van der Waals surface area (Å²) in [5.74, 6) is -1.78. The van der Waals surface area contributed by atoms with Gasteiger partial charge in [-0.05, 0) is 43.5 Å². The summed E-state index contributed by atoms with van der Waals surface area (Å²) in [6, 6.07) is 21.2. The van der Waals surface area contributed by atoms with E-state index in [2.05, 4.69) is 5.32 Å². The fourth-order valence-corrected chi connectivity index (χ4v) is 5.31. The number of anilines is 1. The van der Waals surface area contributed by atoms with Crippen molar-refractivity contribution >= 4 is 27.7 Å². The highest BCUT2D eigenvalue weighted by Gasteiger charge is 2.35. The Bertz CT molecular complexity index is 1420. The summed E-state index contributed by atoms with van der Waals surface area (Å²) in [4.78, 5) is 29.3. The van der Waals surface area contributed by atoms with Crippen LogP contribution in [0.15, 0.2) is 78.9 Å². The van der Waals surface area contributed by atoms with E-state index in [9.17, 15) is 22.4 Å². The number of amides is 2. The number of carbonyl (C=O) groups is 2. The average Bonchev–Trinajstić information content (AvgIpc) is 2.95. The van der Waals surface area contributed by atoms with Crippen LogP contribution < -0.4 is 9.62 Å². The minimum Gasteiger partial charge on any atom is -0.352 e. The van der Waals surface area contributed by atoms with Crippen LogP contribution in [-0.4, -0.2) is 62.2 Å². The Morgan fingerprint density at radius 2 is 1.51 bits per heavy atom. The lowest BCUT2D eigenvalue weighted by Crippen LogP contribution is -2.55. The van der Waals surface area contributed by atoms with Crippen molar-refractivity contribution in [3.05, 3.63) is 101 Å². The Morgan fingerprint density at radius 1 is 0.902 bits per heavy atom. The number of hydrogen-bond donors (Lipinski definition) is 1. The number of carbonyl (C=O) groups excluding carboxylic acids is 2. The molecule has 0 aliphatic heterocycles. The van der Waals surface area contributed by atoms with Crippen LogP contribution in [0.2, 0.25) is 0 Å². The molecule has 10 heteroatoms. The molecule has 0 unspecified atom stereocenters. The molecule has 0 bridgehead atoms. The van der Waals surface area contributed by atoms with Gasteiger partial charge in [0, 0.05) is 33.1 Å². The fourth-order valence-electron chi connectivity index (χ4n) is 4.24. The van der Waals surface area contributed by atoms with Gasteiger partial charge >= 0.3 is 10.2 Å². The molecule has 2 amide bonds. The van der Waals surface area contributed by atoms with Gasteiger partial charge in [-0.15, -0.1) is 0 Å². The molecule has 0 saturated carbocycles. The second-order valence-corrected chi connectivity index (χ2v) is 12.3. The van der Waals surface area contributed by atoms with Crippen LogP contribution in [0.25, 0.3) is 0 Å².